The van der Waals surface area contributed by atoms with Gasteiger partial charge in [-0.05, 0) is 36.5 Å². The lowest BCUT2D eigenvalue weighted by Crippen LogP contribution is -2.13. The minimum Gasteiger partial charge on any atom is -0.383 e. The van der Waals surface area contributed by atoms with Crippen LogP contribution < -0.4 is 11.1 Å². The Morgan fingerprint density at radius 3 is 3.00 bits per heavy atom. The monoisotopic (exact) mass is 351 g/mol. The predicted octanol–water partition coefficient (Wildman–Crippen LogP) is 2.43. The van der Waals surface area contributed by atoms with Gasteiger partial charge >= 0.3 is 0 Å². The number of nitrogens with two attached hydrogens (primary N) is 1. The largest absolute Gasteiger partial charge is 0.383 e. The Kier molecular flexibility index (Phi) is 4.30. The Balaban J connectivity index is 1.72. The number of primary amides is 1. The number of carbonyl (C=O) groups is 1. The highest BCUT2D eigenvalue weighted by molar-refractivity contribution is 5.95. The van der Waals surface area contributed by atoms with Crippen LogP contribution >= 0.6 is 0 Å². The number of benzene rings is 1. The molecule has 0 aliphatic heterocycles. The standard InChI is InChI=1S/C19H21N5O2/c1-26-9-7-22-18-19-23-16(11-24(19)8-6-21-18)13-4-5-14(17(20)25)15(10-13)12-2-3-12/h4-6,8,10-12H,2-3,7,9H2,1H3,(H2,20,25)(H,21,22). The smallest absolute Gasteiger partial charge is 0.248 e. The lowest BCUT2D eigenvalue weighted by molar-refractivity contribution is 0.0999. The van der Waals surface area contributed by atoms with Crippen LogP contribution in [0, 0.1) is 0 Å². The molecule has 0 atom stereocenters. The molecule has 0 bridgehead atoms. The van der Waals surface area contributed by atoms with E-state index >= 15 is 0 Å². The van der Waals surface area contributed by atoms with Gasteiger partial charge in [0.25, 0.3) is 0 Å². The van der Waals surface area contributed by atoms with E-state index in [1.807, 2.05) is 35.0 Å². The third-order valence-electron chi connectivity index (χ3n) is 4.60. The van der Waals surface area contributed by atoms with Crippen LogP contribution in [0.2, 0.25) is 0 Å². The quantitative estimate of drug-likeness (QED) is 0.638. The minimum absolute atomic E-state index is 0.373. The molecule has 3 aromatic rings. The molecule has 1 aliphatic carbocycles. The number of aromatic nitrogens is 3. The molecule has 1 amide bonds. The Labute approximate surface area is 151 Å². The zero-order valence-electron chi connectivity index (χ0n) is 14.6. The molecule has 1 aliphatic rings. The van der Waals surface area contributed by atoms with Crippen LogP contribution in [0.5, 0.6) is 0 Å². The molecule has 0 radical (unpaired) electrons. The summed E-state index contributed by atoms with van der Waals surface area (Å²) in [6.45, 7) is 1.25. The first-order valence-electron chi connectivity index (χ1n) is 8.68. The minimum atomic E-state index is -0.373. The fourth-order valence-electron chi connectivity index (χ4n) is 3.13. The van der Waals surface area contributed by atoms with E-state index in [0.29, 0.717) is 30.5 Å². The van der Waals surface area contributed by atoms with Crippen molar-refractivity contribution in [2.45, 2.75) is 18.8 Å². The number of fused-ring (bicyclic) bond motifs is 1. The van der Waals surface area contributed by atoms with Gasteiger partial charge in [0.2, 0.25) is 5.91 Å². The second kappa shape index (κ2) is 6.76. The molecule has 2 aromatic heterocycles. The molecule has 0 saturated heterocycles. The number of nitrogens with zero attached hydrogens (tertiary/aromatic N) is 3. The second-order valence-corrected chi connectivity index (χ2v) is 6.49. The fraction of sp³-hybridized carbons (Fsp3) is 0.316. The van der Waals surface area contributed by atoms with Crippen LogP contribution in [0.4, 0.5) is 5.82 Å². The second-order valence-electron chi connectivity index (χ2n) is 6.49. The molecular formula is C19H21N5O2. The van der Waals surface area contributed by atoms with Gasteiger partial charge in [-0.2, -0.15) is 0 Å². The Hall–Kier alpha value is -2.93. The van der Waals surface area contributed by atoms with Crippen molar-refractivity contribution in [1.82, 2.24) is 14.4 Å². The summed E-state index contributed by atoms with van der Waals surface area (Å²) < 4.78 is 7.01. The molecule has 0 spiro atoms. The van der Waals surface area contributed by atoms with Gasteiger partial charge in [0.15, 0.2) is 11.5 Å². The summed E-state index contributed by atoms with van der Waals surface area (Å²) in [4.78, 5) is 20.8. The van der Waals surface area contributed by atoms with Crippen LogP contribution in [0.25, 0.3) is 16.9 Å². The topological polar surface area (TPSA) is 94.5 Å². The van der Waals surface area contributed by atoms with Gasteiger partial charge < -0.3 is 20.2 Å². The van der Waals surface area contributed by atoms with E-state index in [-0.39, 0.29) is 5.91 Å². The van der Waals surface area contributed by atoms with Crippen molar-refractivity contribution in [2.75, 3.05) is 25.6 Å². The van der Waals surface area contributed by atoms with E-state index in [9.17, 15) is 4.79 Å². The van der Waals surface area contributed by atoms with Crippen molar-refractivity contribution in [3.05, 3.63) is 47.9 Å². The summed E-state index contributed by atoms with van der Waals surface area (Å²) in [5.74, 6) is 0.775. The van der Waals surface area contributed by atoms with E-state index in [1.54, 1.807) is 13.3 Å². The third kappa shape index (κ3) is 3.13. The molecule has 3 N–H and O–H groups in total. The summed E-state index contributed by atoms with van der Waals surface area (Å²) in [6, 6.07) is 5.76. The number of rotatable bonds is 7. The highest BCUT2D eigenvalue weighted by Crippen LogP contribution is 2.42. The molecule has 7 nitrogen and oxygen atoms in total. The SMILES string of the molecule is COCCNc1nccn2cc(-c3ccc(C(N)=O)c(C4CC4)c3)nc12. The average molecular weight is 351 g/mol. The van der Waals surface area contributed by atoms with Gasteiger partial charge in [-0.25, -0.2) is 9.97 Å². The molecule has 0 unspecified atom stereocenters. The van der Waals surface area contributed by atoms with Gasteiger partial charge in [-0.1, -0.05) is 6.07 Å². The average Bonchev–Trinajstić information content (AvgIpc) is 3.39. The van der Waals surface area contributed by atoms with Crippen molar-refractivity contribution in [2.24, 2.45) is 5.73 Å². The summed E-state index contributed by atoms with van der Waals surface area (Å²) in [5, 5.41) is 3.24. The Bertz CT molecular complexity index is 962. The molecular weight excluding hydrogens is 330 g/mol. The van der Waals surface area contributed by atoms with Crippen LogP contribution in [-0.2, 0) is 4.74 Å². The van der Waals surface area contributed by atoms with Crippen LogP contribution in [-0.4, -0.2) is 40.5 Å². The molecule has 4 rings (SSSR count). The summed E-state index contributed by atoms with van der Waals surface area (Å²) in [7, 11) is 1.66. The molecule has 1 saturated carbocycles. The number of imidazole rings is 1. The number of anilines is 1. The molecule has 134 valence electrons. The number of hydrogen-bond acceptors (Lipinski definition) is 5. The number of hydrogen-bond donors (Lipinski definition) is 2. The summed E-state index contributed by atoms with van der Waals surface area (Å²) >= 11 is 0. The van der Waals surface area contributed by atoms with Crippen molar-refractivity contribution < 1.29 is 9.53 Å². The van der Waals surface area contributed by atoms with Crippen LogP contribution in [0.1, 0.15) is 34.7 Å². The summed E-state index contributed by atoms with van der Waals surface area (Å²) in [5.41, 5.74) is 9.74. The predicted molar refractivity (Wildman–Crippen MR) is 99.3 cm³/mol. The third-order valence-corrected chi connectivity index (χ3v) is 4.60. The number of methoxy groups -OCH3 is 1. The first-order chi connectivity index (χ1) is 12.7. The number of amides is 1. The van der Waals surface area contributed by atoms with Gasteiger partial charge in [-0.15, -0.1) is 0 Å². The van der Waals surface area contributed by atoms with Gasteiger partial charge in [0.05, 0.1) is 12.3 Å². The molecule has 1 aromatic carbocycles. The number of nitrogens with one attached hydrogen (secondary N) is 1. The van der Waals surface area contributed by atoms with Gasteiger partial charge in [-0.3, -0.25) is 4.79 Å². The van der Waals surface area contributed by atoms with Crippen LogP contribution in [0.15, 0.2) is 36.8 Å². The highest BCUT2D eigenvalue weighted by Gasteiger charge is 2.28. The van der Waals surface area contributed by atoms with Crippen LogP contribution in [0.3, 0.4) is 0 Å². The van der Waals surface area contributed by atoms with E-state index in [4.69, 9.17) is 15.5 Å². The Morgan fingerprint density at radius 1 is 1.42 bits per heavy atom. The maximum atomic E-state index is 11.7. The lowest BCUT2D eigenvalue weighted by atomic mass is 9.98. The van der Waals surface area contributed by atoms with Crippen molar-refractivity contribution in [1.29, 1.82) is 0 Å². The molecule has 2 heterocycles. The zero-order valence-corrected chi connectivity index (χ0v) is 14.6. The van der Waals surface area contributed by atoms with E-state index in [2.05, 4.69) is 10.3 Å². The maximum absolute atomic E-state index is 11.7. The van der Waals surface area contributed by atoms with E-state index in [1.165, 1.54) is 0 Å². The number of ether oxygens (including phenoxy) is 1. The first kappa shape index (κ1) is 16.5. The zero-order chi connectivity index (χ0) is 18.1. The number of carbonyl (C=O) groups excluding carboxylic acids is 1. The van der Waals surface area contributed by atoms with Crippen molar-refractivity contribution in [3.8, 4) is 11.3 Å². The molecule has 26 heavy (non-hydrogen) atoms. The lowest BCUT2D eigenvalue weighted by Gasteiger charge is -2.07. The first-order valence-corrected chi connectivity index (χ1v) is 8.68. The summed E-state index contributed by atoms with van der Waals surface area (Å²) in [6.07, 6.45) is 7.78. The van der Waals surface area contributed by atoms with E-state index < -0.39 is 0 Å². The molecule has 7 heteroatoms. The van der Waals surface area contributed by atoms with Crippen molar-refractivity contribution in [3.63, 3.8) is 0 Å². The van der Waals surface area contributed by atoms with E-state index in [0.717, 1.165) is 35.3 Å². The fourth-order valence-corrected chi connectivity index (χ4v) is 3.13. The highest BCUT2D eigenvalue weighted by atomic mass is 16.5. The normalized spacial score (nSPS) is 13.9. The Morgan fingerprint density at radius 2 is 2.27 bits per heavy atom. The van der Waals surface area contributed by atoms with Gasteiger partial charge in [0, 0.05) is 43.4 Å². The van der Waals surface area contributed by atoms with Gasteiger partial charge in [0.1, 0.15) is 0 Å². The molecule has 1 fully saturated rings. The maximum Gasteiger partial charge on any atom is 0.248 e. The van der Waals surface area contributed by atoms with Crippen molar-refractivity contribution >= 4 is 17.4 Å².